The molecule has 0 radical (unpaired) electrons. The van der Waals surface area contributed by atoms with Gasteiger partial charge in [-0.05, 0) is 51.8 Å². The largest absolute Gasteiger partial charge is 0.349 e. The number of aryl methyl sites for hydroxylation is 1. The van der Waals surface area contributed by atoms with E-state index in [4.69, 9.17) is 0 Å². The van der Waals surface area contributed by atoms with Gasteiger partial charge in [0.1, 0.15) is 0 Å². The van der Waals surface area contributed by atoms with E-state index < -0.39 is 0 Å². The van der Waals surface area contributed by atoms with Crippen LogP contribution in [0.5, 0.6) is 0 Å². The van der Waals surface area contributed by atoms with Gasteiger partial charge in [0, 0.05) is 24.0 Å². The highest BCUT2D eigenvalue weighted by atomic mass is 16.1. The van der Waals surface area contributed by atoms with E-state index in [0.29, 0.717) is 17.6 Å². The number of nitrogens with zero attached hydrogens (tertiary/aromatic N) is 1. The number of carbonyl (C=O) groups is 1. The SMILES string of the molecule is CNC1CCC(NC(=O)c2ccc(C)nc2)CC1. The second-order valence-electron chi connectivity index (χ2n) is 5.00. The van der Waals surface area contributed by atoms with Gasteiger partial charge in [0.25, 0.3) is 5.91 Å². The molecule has 2 rings (SSSR count). The van der Waals surface area contributed by atoms with Gasteiger partial charge in [-0.2, -0.15) is 0 Å². The zero-order valence-electron chi connectivity index (χ0n) is 11.1. The standard InChI is InChI=1S/C14H21N3O/c1-10-3-4-11(9-16-10)14(18)17-13-7-5-12(15-2)6-8-13/h3-4,9,12-13,15H,5-8H2,1-2H3,(H,17,18). The Hall–Kier alpha value is -1.42. The first-order chi connectivity index (χ1) is 8.69. The molecule has 1 amide bonds. The molecular weight excluding hydrogens is 226 g/mol. The summed E-state index contributed by atoms with van der Waals surface area (Å²) in [5.74, 6) is -0.00425. The number of hydrogen-bond donors (Lipinski definition) is 2. The summed E-state index contributed by atoms with van der Waals surface area (Å²) >= 11 is 0. The number of carbonyl (C=O) groups excluding carboxylic acids is 1. The van der Waals surface area contributed by atoms with E-state index >= 15 is 0 Å². The summed E-state index contributed by atoms with van der Waals surface area (Å²) in [6, 6.07) is 4.62. The van der Waals surface area contributed by atoms with E-state index in [1.165, 1.54) is 0 Å². The van der Waals surface area contributed by atoms with Crippen LogP contribution in [-0.2, 0) is 0 Å². The van der Waals surface area contributed by atoms with Crippen molar-refractivity contribution in [2.45, 2.75) is 44.7 Å². The fraction of sp³-hybridized carbons (Fsp3) is 0.571. The maximum absolute atomic E-state index is 12.0. The highest BCUT2D eigenvalue weighted by Crippen LogP contribution is 2.18. The van der Waals surface area contributed by atoms with Gasteiger partial charge in [-0.25, -0.2) is 0 Å². The van der Waals surface area contributed by atoms with E-state index in [1.807, 2.05) is 26.1 Å². The first-order valence-electron chi connectivity index (χ1n) is 6.60. The Bertz CT molecular complexity index is 394. The van der Waals surface area contributed by atoms with E-state index in [-0.39, 0.29) is 5.91 Å². The molecule has 0 bridgehead atoms. The van der Waals surface area contributed by atoms with Crippen LogP contribution in [0.2, 0.25) is 0 Å². The van der Waals surface area contributed by atoms with Crippen LogP contribution in [0.1, 0.15) is 41.7 Å². The van der Waals surface area contributed by atoms with E-state index in [2.05, 4.69) is 15.6 Å². The Morgan fingerprint density at radius 2 is 1.89 bits per heavy atom. The van der Waals surface area contributed by atoms with E-state index in [1.54, 1.807) is 6.20 Å². The molecule has 1 aliphatic carbocycles. The second kappa shape index (κ2) is 5.96. The average Bonchev–Trinajstić information content (AvgIpc) is 2.40. The van der Waals surface area contributed by atoms with Crippen LogP contribution in [0.3, 0.4) is 0 Å². The summed E-state index contributed by atoms with van der Waals surface area (Å²) in [7, 11) is 2.00. The lowest BCUT2D eigenvalue weighted by Gasteiger charge is -2.28. The van der Waals surface area contributed by atoms with Crippen molar-refractivity contribution in [1.29, 1.82) is 0 Å². The molecule has 0 saturated heterocycles. The number of nitrogens with one attached hydrogen (secondary N) is 2. The van der Waals surface area contributed by atoms with Crippen molar-refractivity contribution in [2.75, 3.05) is 7.05 Å². The average molecular weight is 247 g/mol. The fourth-order valence-corrected chi connectivity index (χ4v) is 2.40. The van der Waals surface area contributed by atoms with Crippen LogP contribution in [0.4, 0.5) is 0 Å². The lowest BCUT2D eigenvalue weighted by Crippen LogP contribution is -2.41. The third-order valence-electron chi connectivity index (χ3n) is 3.64. The van der Waals surface area contributed by atoms with E-state index in [9.17, 15) is 4.79 Å². The molecule has 1 fully saturated rings. The molecule has 1 aliphatic rings. The highest BCUT2D eigenvalue weighted by Gasteiger charge is 2.21. The molecule has 2 N–H and O–H groups in total. The fourth-order valence-electron chi connectivity index (χ4n) is 2.40. The van der Waals surface area contributed by atoms with Gasteiger partial charge in [-0.15, -0.1) is 0 Å². The van der Waals surface area contributed by atoms with Crippen LogP contribution in [-0.4, -0.2) is 30.0 Å². The summed E-state index contributed by atoms with van der Waals surface area (Å²) in [6.07, 6.45) is 6.01. The number of amides is 1. The Labute approximate surface area is 108 Å². The molecule has 1 heterocycles. The summed E-state index contributed by atoms with van der Waals surface area (Å²) < 4.78 is 0. The minimum atomic E-state index is -0.00425. The van der Waals surface area contributed by atoms with Crippen LogP contribution >= 0.6 is 0 Å². The van der Waals surface area contributed by atoms with Gasteiger partial charge in [-0.1, -0.05) is 0 Å². The smallest absolute Gasteiger partial charge is 0.253 e. The van der Waals surface area contributed by atoms with Crippen LogP contribution < -0.4 is 10.6 Å². The molecule has 0 unspecified atom stereocenters. The minimum absolute atomic E-state index is 0.00425. The van der Waals surface area contributed by atoms with Crippen LogP contribution in [0.15, 0.2) is 18.3 Å². The van der Waals surface area contributed by atoms with Crippen molar-refractivity contribution in [3.8, 4) is 0 Å². The van der Waals surface area contributed by atoms with Crippen LogP contribution in [0.25, 0.3) is 0 Å². The molecule has 0 atom stereocenters. The Kier molecular flexibility index (Phi) is 4.31. The number of aromatic nitrogens is 1. The molecular formula is C14H21N3O. The third-order valence-corrected chi connectivity index (χ3v) is 3.64. The van der Waals surface area contributed by atoms with Crippen LogP contribution in [0, 0.1) is 6.92 Å². The molecule has 1 saturated carbocycles. The topological polar surface area (TPSA) is 54.0 Å². The predicted molar refractivity (Wildman–Crippen MR) is 71.5 cm³/mol. The summed E-state index contributed by atoms with van der Waals surface area (Å²) in [5, 5.41) is 6.39. The lowest BCUT2D eigenvalue weighted by molar-refractivity contribution is 0.0924. The summed E-state index contributed by atoms with van der Waals surface area (Å²) in [6.45, 7) is 1.92. The van der Waals surface area contributed by atoms with Gasteiger partial charge in [0.05, 0.1) is 5.56 Å². The van der Waals surface area contributed by atoms with Crippen molar-refractivity contribution in [2.24, 2.45) is 0 Å². The predicted octanol–water partition coefficient (Wildman–Crippen LogP) is 1.65. The highest BCUT2D eigenvalue weighted by molar-refractivity contribution is 5.94. The van der Waals surface area contributed by atoms with Gasteiger partial charge in [0.15, 0.2) is 0 Å². The summed E-state index contributed by atoms with van der Waals surface area (Å²) in [4.78, 5) is 16.2. The zero-order valence-corrected chi connectivity index (χ0v) is 11.1. The van der Waals surface area contributed by atoms with Gasteiger partial charge < -0.3 is 10.6 Å². The first kappa shape index (κ1) is 13.0. The monoisotopic (exact) mass is 247 g/mol. The van der Waals surface area contributed by atoms with Crippen molar-refractivity contribution in [1.82, 2.24) is 15.6 Å². The molecule has 0 aliphatic heterocycles. The lowest BCUT2D eigenvalue weighted by atomic mass is 9.91. The van der Waals surface area contributed by atoms with Crippen molar-refractivity contribution in [3.63, 3.8) is 0 Å². The Balaban J connectivity index is 1.86. The first-order valence-corrected chi connectivity index (χ1v) is 6.60. The molecule has 0 aromatic carbocycles. The minimum Gasteiger partial charge on any atom is -0.349 e. The van der Waals surface area contributed by atoms with Gasteiger partial charge in [-0.3, -0.25) is 9.78 Å². The Morgan fingerprint density at radius 1 is 1.22 bits per heavy atom. The molecule has 4 heteroatoms. The normalized spacial score (nSPS) is 23.7. The van der Waals surface area contributed by atoms with Crippen molar-refractivity contribution < 1.29 is 4.79 Å². The maximum atomic E-state index is 12.0. The second-order valence-corrected chi connectivity index (χ2v) is 5.00. The molecule has 1 aromatic heterocycles. The maximum Gasteiger partial charge on any atom is 0.253 e. The number of rotatable bonds is 3. The van der Waals surface area contributed by atoms with Gasteiger partial charge in [0.2, 0.25) is 0 Å². The quantitative estimate of drug-likeness (QED) is 0.854. The Morgan fingerprint density at radius 3 is 2.44 bits per heavy atom. The molecule has 0 spiro atoms. The van der Waals surface area contributed by atoms with Crippen molar-refractivity contribution in [3.05, 3.63) is 29.6 Å². The van der Waals surface area contributed by atoms with Gasteiger partial charge >= 0.3 is 0 Å². The molecule has 98 valence electrons. The van der Waals surface area contributed by atoms with E-state index in [0.717, 1.165) is 31.4 Å². The number of hydrogen-bond acceptors (Lipinski definition) is 3. The molecule has 1 aromatic rings. The zero-order chi connectivity index (χ0) is 13.0. The van der Waals surface area contributed by atoms with Crippen molar-refractivity contribution >= 4 is 5.91 Å². The molecule has 18 heavy (non-hydrogen) atoms. The summed E-state index contributed by atoms with van der Waals surface area (Å²) in [5.41, 5.74) is 1.58. The third kappa shape index (κ3) is 3.29. The number of pyridine rings is 1. The molecule has 4 nitrogen and oxygen atoms in total.